The first-order chi connectivity index (χ1) is 9.93. The van der Waals surface area contributed by atoms with Gasteiger partial charge in [-0.2, -0.15) is 4.31 Å². The van der Waals surface area contributed by atoms with Gasteiger partial charge in [0, 0.05) is 17.6 Å². The van der Waals surface area contributed by atoms with Crippen molar-refractivity contribution in [3.63, 3.8) is 0 Å². The van der Waals surface area contributed by atoms with Crippen molar-refractivity contribution in [2.75, 3.05) is 19.6 Å². The molecular weight excluding hydrogens is 356 g/mol. The topological polar surface area (TPSA) is 66.5 Å². The summed E-state index contributed by atoms with van der Waals surface area (Å²) >= 11 is 3.25. The van der Waals surface area contributed by atoms with Gasteiger partial charge in [-0.25, -0.2) is 8.42 Å². The number of nitrogens with one attached hydrogen (secondary N) is 1. The Balaban J connectivity index is 2.98. The van der Waals surface area contributed by atoms with E-state index >= 15 is 0 Å². The van der Waals surface area contributed by atoms with Gasteiger partial charge < -0.3 is 5.32 Å². The van der Waals surface area contributed by atoms with Crippen LogP contribution >= 0.6 is 15.9 Å². The molecule has 1 aromatic rings. The van der Waals surface area contributed by atoms with Crippen LogP contribution in [0.4, 0.5) is 0 Å². The maximum absolute atomic E-state index is 12.7. The molecule has 0 bridgehead atoms. The van der Waals surface area contributed by atoms with E-state index < -0.39 is 10.0 Å². The lowest BCUT2D eigenvalue weighted by Gasteiger charge is -2.21. The molecule has 118 valence electrons. The third kappa shape index (κ3) is 5.09. The molecule has 1 aromatic carbocycles. The van der Waals surface area contributed by atoms with Crippen molar-refractivity contribution in [3.8, 4) is 0 Å². The van der Waals surface area contributed by atoms with E-state index in [1.54, 1.807) is 18.2 Å². The Bertz CT molecular complexity index is 575. The molecule has 0 atom stereocenters. The molecule has 0 heterocycles. The highest BCUT2D eigenvalue weighted by Gasteiger charge is 2.27. The number of halogens is 1. The predicted molar refractivity (Wildman–Crippen MR) is 86.5 cm³/mol. The first kappa shape index (κ1) is 18.1. The molecular formula is C14H21BrN2O3S. The fourth-order valence-corrected chi connectivity index (χ4v) is 4.26. The quantitative estimate of drug-likeness (QED) is 0.757. The Morgan fingerprint density at radius 1 is 1.24 bits per heavy atom. The number of nitrogens with zero attached hydrogens (tertiary/aromatic N) is 1. The molecule has 0 spiro atoms. The Hall–Kier alpha value is -0.920. The molecule has 0 aliphatic rings. The number of hydrogen-bond acceptors (Lipinski definition) is 3. The highest BCUT2D eigenvalue weighted by Crippen LogP contribution is 2.24. The van der Waals surface area contributed by atoms with Gasteiger partial charge in [-0.1, -0.05) is 26.0 Å². The van der Waals surface area contributed by atoms with Crippen LogP contribution in [-0.2, 0) is 14.8 Å². The van der Waals surface area contributed by atoms with Crippen LogP contribution in [-0.4, -0.2) is 38.3 Å². The van der Waals surface area contributed by atoms with Crippen molar-refractivity contribution >= 4 is 31.9 Å². The van der Waals surface area contributed by atoms with E-state index in [0.29, 0.717) is 24.0 Å². The van der Waals surface area contributed by atoms with Gasteiger partial charge in [0.15, 0.2) is 0 Å². The van der Waals surface area contributed by atoms with Gasteiger partial charge in [-0.15, -0.1) is 0 Å². The lowest BCUT2D eigenvalue weighted by Crippen LogP contribution is -2.41. The summed E-state index contributed by atoms with van der Waals surface area (Å²) in [6, 6.07) is 6.63. The van der Waals surface area contributed by atoms with E-state index in [0.717, 1.165) is 6.42 Å². The van der Waals surface area contributed by atoms with Crippen LogP contribution in [0.1, 0.15) is 26.7 Å². The molecule has 0 saturated carbocycles. The Morgan fingerprint density at radius 3 is 2.48 bits per heavy atom. The summed E-state index contributed by atoms with van der Waals surface area (Å²) in [6.45, 7) is 4.53. The van der Waals surface area contributed by atoms with Crippen LogP contribution in [0, 0.1) is 0 Å². The van der Waals surface area contributed by atoms with Crippen LogP contribution in [0.3, 0.4) is 0 Å². The van der Waals surface area contributed by atoms with Crippen molar-refractivity contribution in [3.05, 3.63) is 28.7 Å². The van der Waals surface area contributed by atoms with Crippen molar-refractivity contribution in [1.29, 1.82) is 0 Å². The van der Waals surface area contributed by atoms with Crippen molar-refractivity contribution in [1.82, 2.24) is 9.62 Å². The third-order valence-electron chi connectivity index (χ3n) is 2.82. The summed E-state index contributed by atoms with van der Waals surface area (Å²) in [6.07, 6.45) is 1.46. The molecule has 0 radical (unpaired) electrons. The number of benzene rings is 1. The van der Waals surface area contributed by atoms with Crippen LogP contribution < -0.4 is 5.32 Å². The van der Waals surface area contributed by atoms with Crippen LogP contribution in [0.5, 0.6) is 0 Å². The number of amides is 1. The van der Waals surface area contributed by atoms with Gasteiger partial charge in [0.25, 0.3) is 0 Å². The van der Waals surface area contributed by atoms with Gasteiger partial charge in [0.1, 0.15) is 0 Å². The number of carbonyl (C=O) groups is 1. The lowest BCUT2D eigenvalue weighted by atomic mass is 10.4. The average Bonchev–Trinajstić information content (AvgIpc) is 2.45. The van der Waals surface area contributed by atoms with Crippen LogP contribution in [0.15, 0.2) is 33.6 Å². The monoisotopic (exact) mass is 376 g/mol. The molecule has 0 aliphatic heterocycles. The molecule has 0 unspecified atom stereocenters. The van der Waals surface area contributed by atoms with Crippen molar-refractivity contribution in [2.24, 2.45) is 0 Å². The predicted octanol–water partition coefficient (Wildman–Crippen LogP) is 2.38. The summed E-state index contributed by atoms with van der Waals surface area (Å²) in [7, 11) is -3.69. The van der Waals surface area contributed by atoms with E-state index in [2.05, 4.69) is 21.2 Å². The van der Waals surface area contributed by atoms with E-state index in [1.165, 1.54) is 10.4 Å². The van der Waals surface area contributed by atoms with E-state index in [4.69, 9.17) is 0 Å². The molecule has 1 N–H and O–H groups in total. The molecule has 0 saturated heterocycles. The summed E-state index contributed by atoms with van der Waals surface area (Å²) in [5.74, 6) is -0.277. The van der Waals surface area contributed by atoms with Gasteiger partial charge in [-0.3, -0.25) is 4.79 Å². The smallest absolute Gasteiger partial charge is 0.244 e. The van der Waals surface area contributed by atoms with Gasteiger partial charge >= 0.3 is 0 Å². The molecule has 1 rings (SSSR count). The fourth-order valence-electron chi connectivity index (χ4n) is 1.81. The molecule has 5 nitrogen and oxygen atoms in total. The van der Waals surface area contributed by atoms with E-state index in [1.807, 2.05) is 13.8 Å². The number of rotatable bonds is 8. The first-order valence-corrected chi connectivity index (χ1v) is 9.18. The van der Waals surface area contributed by atoms with Gasteiger partial charge in [0.05, 0.1) is 11.4 Å². The van der Waals surface area contributed by atoms with Crippen LogP contribution in [0.2, 0.25) is 0 Å². The Kier molecular flexibility index (Phi) is 7.34. The minimum atomic E-state index is -3.69. The molecule has 0 aliphatic carbocycles. The standard InChI is InChI=1S/C14H21BrN2O3S/c1-3-9-16-14(18)11-17(10-4-2)21(19,20)13-8-6-5-7-12(13)15/h5-8H,3-4,9-11H2,1-2H3,(H,16,18). The second-order valence-corrected chi connectivity index (χ2v) is 7.38. The summed E-state index contributed by atoms with van der Waals surface area (Å²) in [5.41, 5.74) is 0. The highest BCUT2D eigenvalue weighted by atomic mass is 79.9. The Labute approximate surface area is 134 Å². The fraction of sp³-hybridized carbons (Fsp3) is 0.500. The summed E-state index contributed by atoms with van der Waals surface area (Å²) in [5, 5.41) is 2.70. The first-order valence-electron chi connectivity index (χ1n) is 6.94. The lowest BCUT2D eigenvalue weighted by molar-refractivity contribution is -0.121. The minimum Gasteiger partial charge on any atom is -0.355 e. The zero-order valence-electron chi connectivity index (χ0n) is 12.3. The average molecular weight is 377 g/mol. The molecule has 0 aromatic heterocycles. The number of hydrogen-bond donors (Lipinski definition) is 1. The minimum absolute atomic E-state index is 0.155. The summed E-state index contributed by atoms with van der Waals surface area (Å²) in [4.78, 5) is 12.0. The highest BCUT2D eigenvalue weighted by molar-refractivity contribution is 9.10. The zero-order chi connectivity index (χ0) is 15.9. The van der Waals surface area contributed by atoms with E-state index in [-0.39, 0.29) is 17.3 Å². The summed E-state index contributed by atoms with van der Waals surface area (Å²) < 4.78 is 27.1. The van der Waals surface area contributed by atoms with Crippen molar-refractivity contribution < 1.29 is 13.2 Å². The van der Waals surface area contributed by atoms with Crippen molar-refractivity contribution in [2.45, 2.75) is 31.6 Å². The second-order valence-electron chi connectivity index (χ2n) is 4.62. The van der Waals surface area contributed by atoms with Gasteiger partial charge in [-0.05, 0) is 40.9 Å². The van der Waals surface area contributed by atoms with E-state index in [9.17, 15) is 13.2 Å². The zero-order valence-corrected chi connectivity index (χ0v) is 14.7. The number of sulfonamides is 1. The maximum atomic E-state index is 12.7. The second kappa shape index (κ2) is 8.51. The maximum Gasteiger partial charge on any atom is 0.244 e. The van der Waals surface area contributed by atoms with Crippen LogP contribution in [0.25, 0.3) is 0 Å². The normalized spacial score (nSPS) is 11.6. The van der Waals surface area contributed by atoms with Gasteiger partial charge in [0.2, 0.25) is 15.9 Å². The molecule has 0 fully saturated rings. The SMILES string of the molecule is CCCNC(=O)CN(CCC)S(=O)(=O)c1ccccc1Br. The number of carbonyl (C=O) groups excluding carboxylic acids is 1. The third-order valence-corrected chi connectivity index (χ3v) is 5.68. The molecule has 1 amide bonds. The largest absolute Gasteiger partial charge is 0.355 e. The molecule has 7 heteroatoms. The Morgan fingerprint density at radius 2 is 1.90 bits per heavy atom. The molecule has 21 heavy (non-hydrogen) atoms.